The third-order valence-electron chi connectivity index (χ3n) is 3.93. The number of nitrogens with one attached hydrogen (secondary N) is 1. The number of thioether (sulfide) groups is 1. The molecule has 1 heterocycles. The molecule has 21 heavy (non-hydrogen) atoms. The number of nitrogens with zero attached hydrogens (tertiary/aromatic N) is 1. The minimum absolute atomic E-state index is 0.0382. The van der Waals surface area contributed by atoms with Gasteiger partial charge in [-0.1, -0.05) is 19.3 Å². The standard InChI is InChI=1S/C16H24N2O2S/c1-12(21-2)16(19)18-15-14(9-6-10-17-15)20-11-13-7-4-3-5-8-13/h6,9-10,12-13H,3-5,7-8,11H2,1-2H3,(H,17,18,19)/t12-/m0/s1. The van der Waals surface area contributed by atoms with Crippen LogP contribution >= 0.6 is 11.8 Å². The lowest BCUT2D eigenvalue weighted by Gasteiger charge is -2.22. The number of carbonyl (C=O) groups is 1. The number of hydrogen-bond donors (Lipinski definition) is 1. The van der Waals surface area contributed by atoms with Crippen LogP contribution in [0.25, 0.3) is 0 Å². The van der Waals surface area contributed by atoms with Crippen LogP contribution in [-0.4, -0.2) is 29.0 Å². The van der Waals surface area contributed by atoms with Gasteiger partial charge in [0, 0.05) is 6.20 Å². The van der Waals surface area contributed by atoms with E-state index in [1.807, 2.05) is 25.3 Å². The summed E-state index contributed by atoms with van der Waals surface area (Å²) >= 11 is 1.51. The van der Waals surface area contributed by atoms with Crippen molar-refractivity contribution >= 4 is 23.5 Å². The van der Waals surface area contributed by atoms with Crippen molar-refractivity contribution in [3.63, 3.8) is 0 Å². The summed E-state index contributed by atoms with van der Waals surface area (Å²) in [6.07, 6.45) is 10.0. The topological polar surface area (TPSA) is 51.2 Å². The van der Waals surface area contributed by atoms with E-state index in [-0.39, 0.29) is 11.2 Å². The highest BCUT2D eigenvalue weighted by atomic mass is 32.2. The Bertz CT molecular complexity index is 461. The van der Waals surface area contributed by atoms with Gasteiger partial charge in [-0.25, -0.2) is 4.98 Å². The number of anilines is 1. The second-order valence-corrected chi connectivity index (χ2v) is 6.71. The minimum atomic E-state index is -0.0989. The summed E-state index contributed by atoms with van der Waals surface area (Å²) in [5.74, 6) is 1.79. The van der Waals surface area contributed by atoms with E-state index in [0.717, 1.165) is 0 Å². The van der Waals surface area contributed by atoms with Gasteiger partial charge in [0.2, 0.25) is 5.91 Å². The van der Waals surface area contributed by atoms with Crippen molar-refractivity contribution in [2.75, 3.05) is 18.2 Å². The number of amides is 1. The average Bonchev–Trinajstić information content (AvgIpc) is 2.54. The first-order valence-electron chi connectivity index (χ1n) is 7.62. The van der Waals surface area contributed by atoms with Crippen LogP contribution in [0.3, 0.4) is 0 Å². The molecule has 1 atom stereocenters. The maximum absolute atomic E-state index is 12.0. The maximum Gasteiger partial charge on any atom is 0.238 e. The number of aromatic nitrogens is 1. The predicted octanol–water partition coefficient (Wildman–Crippen LogP) is 3.73. The molecule has 1 amide bonds. The lowest BCUT2D eigenvalue weighted by Crippen LogP contribution is -2.23. The quantitative estimate of drug-likeness (QED) is 0.870. The number of carbonyl (C=O) groups excluding carboxylic acids is 1. The molecule has 0 aliphatic heterocycles. The Hall–Kier alpha value is -1.23. The fraction of sp³-hybridized carbons (Fsp3) is 0.625. The molecule has 0 spiro atoms. The highest BCUT2D eigenvalue weighted by molar-refractivity contribution is 7.99. The fourth-order valence-corrected chi connectivity index (χ4v) is 2.76. The largest absolute Gasteiger partial charge is 0.489 e. The molecule has 0 radical (unpaired) electrons. The van der Waals surface area contributed by atoms with Crippen LogP contribution in [0.2, 0.25) is 0 Å². The van der Waals surface area contributed by atoms with Gasteiger partial charge < -0.3 is 10.1 Å². The number of ether oxygens (including phenoxy) is 1. The molecule has 116 valence electrons. The van der Waals surface area contributed by atoms with E-state index < -0.39 is 0 Å². The molecular formula is C16H24N2O2S. The zero-order chi connectivity index (χ0) is 15.1. The molecule has 4 nitrogen and oxygen atoms in total. The van der Waals surface area contributed by atoms with Crippen LogP contribution < -0.4 is 10.1 Å². The van der Waals surface area contributed by atoms with E-state index in [2.05, 4.69) is 10.3 Å². The molecule has 1 aliphatic rings. The van der Waals surface area contributed by atoms with Gasteiger partial charge in [-0.3, -0.25) is 4.79 Å². The fourth-order valence-electron chi connectivity index (χ4n) is 2.49. The SMILES string of the molecule is CS[C@@H](C)C(=O)Nc1ncccc1OCC1CCCCC1. The number of hydrogen-bond acceptors (Lipinski definition) is 4. The Morgan fingerprint density at radius 2 is 2.24 bits per heavy atom. The number of rotatable bonds is 6. The monoisotopic (exact) mass is 308 g/mol. The highest BCUT2D eigenvalue weighted by Crippen LogP contribution is 2.27. The first kappa shape index (κ1) is 16.1. The highest BCUT2D eigenvalue weighted by Gasteiger charge is 2.17. The summed E-state index contributed by atoms with van der Waals surface area (Å²) in [5.41, 5.74) is 0. The molecule has 1 aromatic rings. The van der Waals surface area contributed by atoms with Gasteiger partial charge in [-0.05, 0) is 44.1 Å². The summed E-state index contributed by atoms with van der Waals surface area (Å²) in [7, 11) is 0. The Kier molecular flexibility index (Phi) is 6.36. The molecule has 2 rings (SSSR count). The van der Waals surface area contributed by atoms with E-state index in [9.17, 15) is 4.79 Å². The average molecular weight is 308 g/mol. The van der Waals surface area contributed by atoms with Crippen LogP contribution in [-0.2, 0) is 4.79 Å². The molecule has 1 N–H and O–H groups in total. The lowest BCUT2D eigenvalue weighted by molar-refractivity contribution is -0.115. The summed E-state index contributed by atoms with van der Waals surface area (Å²) in [5, 5.41) is 2.75. The Morgan fingerprint density at radius 3 is 2.95 bits per heavy atom. The van der Waals surface area contributed by atoms with Gasteiger partial charge in [-0.2, -0.15) is 11.8 Å². The molecular weight excluding hydrogens is 284 g/mol. The van der Waals surface area contributed by atoms with E-state index >= 15 is 0 Å². The zero-order valence-electron chi connectivity index (χ0n) is 12.8. The molecule has 1 fully saturated rings. The van der Waals surface area contributed by atoms with Crippen LogP contribution in [0.4, 0.5) is 5.82 Å². The van der Waals surface area contributed by atoms with Crippen LogP contribution in [0.15, 0.2) is 18.3 Å². The molecule has 0 aromatic carbocycles. The Morgan fingerprint density at radius 1 is 1.48 bits per heavy atom. The second-order valence-electron chi connectivity index (χ2n) is 5.53. The summed E-state index contributed by atoms with van der Waals surface area (Å²) < 4.78 is 5.91. The first-order valence-corrected chi connectivity index (χ1v) is 8.91. The van der Waals surface area contributed by atoms with Gasteiger partial charge in [0.25, 0.3) is 0 Å². The smallest absolute Gasteiger partial charge is 0.238 e. The van der Waals surface area contributed by atoms with Gasteiger partial charge in [0.15, 0.2) is 11.6 Å². The van der Waals surface area contributed by atoms with Crippen molar-refractivity contribution in [3.05, 3.63) is 18.3 Å². The maximum atomic E-state index is 12.0. The van der Waals surface area contributed by atoms with Crippen molar-refractivity contribution in [2.45, 2.75) is 44.3 Å². The van der Waals surface area contributed by atoms with Gasteiger partial charge in [0.1, 0.15) is 0 Å². The summed E-state index contributed by atoms with van der Waals surface area (Å²) in [4.78, 5) is 16.2. The molecule has 1 aliphatic carbocycles. The first-order chi connectivity index (χ1) is 10.2. The van der Waals surface area contributed by atoms with Crippen molar-refractivity contribution in [1.29, 1.82) is 0 Å². The van der Waals surface area contributed by atoms with Crippen LogP contribution in [0, 0.1) is 5.92 Å². The molecule has 1 saturated carbocycles. The summed E-state index contributed by atoms with van der Waals surface area (Å²) in [6.45, 7) is 2.60. The van der Waals surface area contributed by atoms with Gasteiger partial charge in [0.05, 0.1) is 11.9 Å². The summed E-state index contributed by atoms with van der Waals surface area (Å²) in [6, 6.07) is 3.71. The number of pyridine rings is 1. The third-order valence-corrected chi connectivity index (χ3v) is 4.86. The molecule has 0 bridgehead atoms. The molecule has 0 unspecified atom stereocenters. The molecule has 0 saturated heterocycles. The van der Waals surface area contributed by atoms with E-state index in [1.54, 1.807) is 6.20 Å². The van der Waals surface area contributed by atoms with Crippen molar-refractivity contribution in [2.24, 2.45) is 5.92 Å². The van der Waals surface area contributed by atoms with Crippen molar-refractivity contribution in [3.8, 4) is 5.75 Å². The lowest BCUT2D eigenvalue weighted by atomic mass is 9.90. The Balaban J connectivity index is 1.94. The third kappa shape index (κ3) is 4.92. The van der Waals surface area contributed by atoms with E-state index in [4.69, 9.17) is 4.74 Å². The van der Waals surface area contributed by atoms with Crippen LogP contribution in [0.5, 0.6) is 5.75 Å². The van der Waals surface area contributed by atoms with Crippen LogP contribution in [0.1, 0.15) is 39.0 Å². The predicted molar refractivity (Wildman–Crippen MR) is 87.9 cm³/mol. The van der Waals surface area contributed by atoms with Crippen molar-refractivity contribution in [1.82, 2.24) is 4.98 Å². The molecule has 5 heteroatoms. The normalized spacial score (nSPS) is 17.2. The van der Waals surface area contributed by atoms with Gasteiger partial charge >= 0.3 is 0 Å². The Labute approximate surface area is 131 Å². The second kappa shape index (κ2) is 8.27. The minimum Gasteiger partial charge on any atom is -0.489 e. The van der Waals surface area contributed by atoms with Gasteiger partial charge in [-0.15, -0.1) is 0 Å². The molecule has 1 aromatic heterocycles. The van der Waals surface area contributed by atoms with E-state index in [1.165, 1.54) is 43.9 Å². The zero-order valence-corrected chi connectivity index (χ0v) is 13.6. The van der Waals surface area contributed by atoms with E-state index in [0.29, 0.717) is 24.1 Å². The van der Waals surface area contributed by atoms with Crippen molar-refractivity contribution < 1.29 is 9.53 Å².